The first-order chi connectivity index (χ1) is 11.1. The second-order valence-electron chi connectivity index (χ2n) is 4.52. The van der Waals surface area contributed by atoms with Gasteiger partial charge in [0.05, 0.1) is 24.2 Å². The van der Waals surface area contributed by atoms with Crippen LogP contribution in [0, 0.1) is 0 Å². The Balaban J connectivity index is 2.33. The largest absolute Gasteiger partial charge is 0.363 e. The maximum absolute atomic E-state index is 12.9. The van der Waals surface area contributed by atoms with E-state index in [0.29, 0.717) is 11.0 Å². The van der Waals surface area contributed by atoms with Crippen molar-refractivity contribution in [3.05, 3.63) is 54.4 Å². The third-order valence-electron chi connectivity index (χ3n) is 2.94. The molecular weight excluding hydrogens is 315 g/mol. The first-order valence-corrected chi connectivity index (χ1v) is 8.86. The van der Waals surface area contributed by atoms with Crippen molar-refractivity contribution in [3.8, 4) is 0 Å². The maximum Gasteiger partial charge on any atom is 0.363 e. The van der Waals surface area contributed by atoms with Crippen molar-refractivity contribution in [2.24, 2.45) is 0 Å². The number of nitrogens with zero attached hydrogens (tertiary/aromatic N) is 1. The quantitative estimate of drug-likeness (QED) is 0.787. The summed E-state index contributed by atoms with van der Waals surface area (Å²) in [7, 11) is -3.49. The molecule has 0 spiro atoms. The number of benzene rings is 1. The van der Waals surface area contributed by atoms with Crippen molar-refractivity contribution in [3.63, 3.8) is 0 Å². The molecule has 0 atom stereocenters. The van der Waals surface area contributed by atoms with Crippen LogP contribution in [0.3, 0.4) is 0 Å². The fourth-order valence-corrected chi connectivity index (χ4v) is 3.74. The summed E-state index contributed by atoms with van der Waals surface area (Å²) in [5, 5.41) is 3.04. The number of rotatable bonds is 7. The Bertz CT molecular complexity index is 696. The van der Waals surface area contributed by atoms with Gasteiger partial charge in [-0.15, -0.1) is 0 Å². The van der Waals surface area contributed by atoms with Gasteiger partial charge in [0.25, 0.3) is 5.91 Å². The van der Waals surface area contributed by atoms with Crippen molar-refractivity contribution >= 4 is 24.5 Å². The zero-order valence-corrected chi connectivity index (χ0v) is 14.0. The summed E-state index contributed by atoms with van der Waals surface area (Å²) < 4.78 is 23.6. The first kappa shape index (κ1) is 17.3. The normalized spacial score (nSPS) is 11.2. The summed E-state index contributed by atoms with van der Waals surface area (Å²) in [6.07, 6.45) is 1.53. The number of pyridine rings is 1. The summed E-state index contributed by atoms with van der Waals surface area (Å²) in [6, 6.07) is 11.8. The Kier molecular flexibility index (Phi) is 6.04. The summed E-state index contributed by atoms with van der Waals surface area (Å²) in [4.78, 5) is 16.3. The molecule has 122 valence electrons. The molecule has 0 aliphatic carbocycles. The summed E-state index contributed by atoms with van der Waals surface area (Å²) >= 11 is 0. The van der Waals surface area contributed by atoms with E-state index < -0.39 is 13.5 Å². The van der Waals surface area contributed by atoms with Gasteiger partial charge in [0.1, 0.15) is 5.69 Å². The smallest absolute Gasteiger partial charge is 0.320 e. The third-order valence-corrected chi connectivity index (χ3v) is 5.12. The minimum atomic E-state index is -3.49. The van der Waals surface area contributed by atoms with E-state index in [1.54, 1.807) is 56.3 Å². The molecule has 1 aromatic heterocycles. The van der Waals surface area contributed by atoms with Gasteiger partial charge in [-0.2, -0.15) is 0 Å². The van der Waals surface area contributed by atoms with Crippen LogP contribution < -0.4 is 10.6 Å². The first-order valence-electron chi connectivity index (χ1n) is 7.31. The van der Waals surface area contributed by atoms with Crippen LogP contribution in [0.1, 0.15) is 24.3 Å². The number of para-hydroxylation sites is 1. The predicted octanol–water partition coefficient (Wildman–Crippen LogP) is 3.23. The van der Waals surface area contributed by atoms with Crippen molar-refractivity contribution < 1.29 is 18.4 Å². The number of amides is 1. The van der Waals surface area contributed by atoms with E-state index in [4.69, 9.17) is 9.05 Å². The van der Waals surface area contributed by atoms with Crippen LogP contribution >= 0.6 is 7.60 Å². The molecule has 7 heteroatoms. The molecule has 1 amide bonds. The average Bonchev–Trinajstić information content (AvgIpc) is 2.56. The maximum atomic E-state index is 12.9. The predicted molar refractivity (Wildman–Crippen MR) is 89.1 cm³/mol. The molecule has 1 N–H and O–H groups in total. The van der Waals surface area contributed by atoms with E-state index in [1.165, 1.54) is 6.20 Å². The Morgan fingerprint density at radius 1 is 1.09 bits per heavy atom. The minimum absolute atomic E-state index is 0.236. The summed E-state index contributed by atoms with van der Waals surface area (Å²) in [5.41, 5.74) is 0.651. The minimum Gasteiger partial charge on any atom is -0.320 e. The van der Waals surface area contributed by atoms with Gasteiger partial charge in [0.15, 0.2) is 0 Å². The van der Waals surface area contributed by atoms with Gasteiger partial charge in [-0.05, 0) is 38.1 Å². The van der Waals surface area contributed by atoms with E-state index >= 15 is 0 Å². The van der Waals surface area contributed by atoms with Crippen molar-refractivity contribution in [2.45, 2.75) is 13.8 Å². The number of nitrogens with one attached hydrogen (secondary N) is 1. The lowest BCUT2D eigenvalue weighted by Gasteiger charge is -2.20. The van der Waals surface area contributed by atoms with Gasteiger partial charge in [-0.3, -0.25) is 14.3 Å². The van der Waals surface area contributed by atoms with Gasteiger partial charge in [-0.25, -0.2) is 0 Å². The molecule has 0 aliphatic heterocycles. The highest BCUT2D eigenvalue weighted by atomic mass is 31.2. The van der Waals surface area contributed by atoms with Crippen LogP contribution in [0.25, 0.3) is 0 Å². The Morgan fingerprint density at radius 2 is 1.74 bits per heavy atom. The number of anilines is 1. The van der Waals surface area contributed by atoms with Crippen LogP contribution in [-0.4, -0.2) is 24.1 Å². The highest BCUT2D eigenvalue weighted by molar-refractivity contribution is 7.62. The summed E-state index contributed by atoms with van der Waals surface area (Å²) in [5.74, 6) is -0.391. The molecule has 1 heterocycles. The second kappa shape index (κ2) is 8.02. The molecule has 1 aromatic carbocycles. The van der Waals surface area contributed by atoms with E-state index in [2.05, 4.69) is 10.3 Å². The lowest BCUT2D eigenvalue weighted by atomic mass is 10.3. The van der Waals surface area contributed by atoms with Crippen LogP contribution in [0.5, 0.6) is 0 Å². The number of carbonyl (C=O) groups is 1. The monoisotopic (exact) mass is 334 g/mol. The van der Waals surface area contributed by atoms with Crippen LogP contribution in [0.2, 0.25) is 0 Å². The summed E-state index contributed by atoms with van der Waals surface area (Å²) in [6.45, 7) is 3.95. The van der Waals surface area contributed by atoms with Gasteiger partial charge >= 0.3 is 7.60 Å². The van der Waals surface area contributed by atoms with E-state index in [0.717, 1.165) is 0 Å². The van der Waals surface area contributed by atoms with E-state index in [1.807, 2.05) is 0 Å². The van der Waals surface area contributed by atoms with Crippen molar-refractivity contribution in [2.75, 3.05) is 18.5 Å². The lowest BCUT2D eigenvalue weighted by molar-refractivity contribution is 0.102. The van der Waals surface area contributed by atoms with Gasteiger partial charge in [0, 0.05) is 6.20 Å². The zero-order valence-electron chi connectivity index (χ0n) is 13.1. The van der Waals surface area contributed by atoms with Crippen LogP contribution in [-0.2, 0) is 13.6 Å². The number of hydrogen-bond acceptors (Lipinski definition) is 5. The molecule has 2 rings (SSSR count). The van der Waals surface area contributed by atoms with Crippen LogP contribution in [0.15, 0.2) is 48.7 Å². The fraction of sp³-hybridized carbons (Fsp3) is 0.250. The number of aromatic nitrogens is 1. The topological polar surface area (TPSA) is 77.5 Å². The molecule has 0 saturated carbocycles. The van der Waals surface area contributed by atoms with Crippen molar-refractivity contribution in [1.82, 2.24) is 4.98 Å². The second-order valence-corrected chi connectivity index (χ2v) is 6.51. The van der Waals surface area contributed by atoms with Crippen molar-refractivity contribution in [1.29, 1.82) is 0 Å². The number of hydrogen-bond donors (Lipinski definition) is 1. The molecule has 0 aliphatic rings. The molecule has 23 heavy (non-hydrogen) atoms. The fourth-order valence-electron chi connectivity index (χ4n) is 2.02. The van der Waals surface area contributed by atoms with Gasteiger partial charge in [-0.1, -0.05) is 18.2 Å². The molecule has 6 nitrogen and oxygen atoms in total. The van der Waals surface area contributed by atoms with Crippen LogP contribution in [0.4, 0.5) is 5.69 Å². The SMILES string of the molecule is CCOP(=O)(OCC)c1ccccc1NC(=O)c1ccccn1. The third kappa shape index (κ3) is 4.26. The average molecular weight is 334 g/mol. The molecule has 2 aromatic rings. The molecule has 0 bridgehead atoms. The zero-order chi connectivity index (χ0) is 16.7. The van der Waals surface area contributed by atoms with E-state index in [-0.39, 0.29) is 18.9 Å². The van der Waals surface area contributed by atoms with Gasteiger partial charge in [0.2, 0.25) is 0 Å². The standard InChI is InChI=1S/C16H19N2O4P/c1-3-21-23(20,22-4-2)15-11-6-5-9-13(15)18-16(19)14-10-7-8-12-17-14/h5-12H,3-4H2,1-2H3,(H,18,19). The molecular formula is C16H19N2O4P. The highest BCUT2D eigenvalue weighted by Gasteiger charge is 2.30. The molecule has 0 fully saturated rings. The molecule has 0 unspecified atom stereocenters. The van der Waals surface area contributed by atoms with Gasteiger partial charge < -0.3 is 14.4 Å². The number of carbonyl (C=O) groups excluding carboxylic acids is 1. The Labute approximate surface area is 135 Å². The lowest BCUT2D eigenvalue weighted by Crippen LogP contribution is -2.21. The van der Waals surface area contributed by atoms with E-state index in [9.17, 15) is 9.36 Å². The molecule has 0 radical (unpaired) electrons. The highest BCUT2D eigenvalue weighted by Crippen LogP contribution is 2.48. The Hall–Kier alpha value is -2.01. The molecule has 0 saturated heterocycles. The Morgan fingerprint density at radius 3 is 2.35 bits per heavy atom.